The number of ether oxygens (including phenoxy) is 1. The fourth-order valence-corrected chi connectivity index (χ4v) is 3.88. The zero-order valence-electron chi connectivity index (χ0n) is 18.5. The van der Waals surface area contributed by atoms with E-state index in [0.717, 1.165) is 18.4 Å². The van der Waals surface area contributed by atoms with Crippen molar-refractivity contribution in [3.05, 3.63) is 59.9 Å². The first-order valence-corrected chi connectivity index (χ1v) is 10.7. The van der Waals surface area contributed by atoms with E-state index >= 15 is 0 Å². The number of rotatable bonds is 7. The first kappa shape index (κ1) is 22.6. The molecule has 1 aromatic carbocycles. The van der Waals surface area contributed by atoms with Gasteiger partial charge in [-0.05, 0) is 51.3 Å². The summed E-state index contributed by atoms with van der Waals surface area (Å²) in [5.41, 5.74) is 0.996. The van der Waals surface area contributed by atoms with E-state index in [-0.39, 0.29) is 12.3 Å². The quantitative estimate of drug-likeness (QED) is 0.726. The van der Waals surface area contributed by atoms with E-state index in [1.807, 2.05) is 36.4 Å². The Morgan fingerprint density at radius 1 is 1.13 bits per heavy atom. The van der Waals surface area contributed by atoms with Crippen LogP contribution in [0.3, 0.4) is 0 Å². The molecule has 2 aromatic rings. The molecule has 1 aliphatic rings. The summed E-state index contributed by atoms with van der Waals surface area (Å²) in [6.45, 7) is 7.20. The van der Waals surface area contributed by atoms with Crippen molar-refractivity contribution in [3.8, 4) is 5.75 Å². The Morgan fingerprint density at radius 2 is 1.81 bits per heavy atom. The predicted molar refractivity (Wildman–Crippen MR) is 118 cm³/mol. The average Bonchev–Trinajstić information content (AvgIpc) is 3.26. The van der Waals surface area contributed by atoms with Crippen LogP contribution in [-0.4, -0.2) is 56.6 Å². The van der Waals surface area contributed by atoms with Crippen LogP contribution in [0.1, 0.15) is 44.9 Å². The highest BCUT2D eigenvalue weighted by Gasteiger charge is 2.40. The second kappa shape index (κ2) is 9.81. The van der Waals surface area contributed by atoms with E-state index in [1.54, 1.807) is 37.9 Å². The van der Waals surface area contributed by atoms with Crippen LogP contribution < -0.4 is 4.74 Å². The first-order valence-electron chi connectivity index (χ1n) is 10.7. The summed E-state index contributed by atoms with van der Waals surface area (Å²) >= 11 is 0. The lowest BCUT2D eigenvalue weighted by molar-refractivity contribution is -0.137. The Labute approximate surface area is 183 Å². The van der Waals surface area contributed by atoms with Crippen molar-refractivity contribution in [2.75, 3.05) is 13.1 Å². The molecule has 1 unspecified atom stereocenters. The van der Waals surface area contributed by atoms with Crippen molar-refractivity contribution in [1.29, 1.82) is 0 Å². The first-order chi connectivity index (χ1) is 14.8. The van der Waals surface area contributed by atoms with Gasteiger partial charge in [-0.3, -0.25) is 14.7 Å². The zero-order chi connectivity index (χ0) is 22.4. The minimum absolute atomic E-state index is 0.152. The SMILES string of the molecule is CC(C)(C)N(C(=O)O)C(Cc1ccc(OCc2ccccc2)cn1)C(=O)N1CCCC1. The van der Waals surface area contributed by atoms with Crippen molar-refractivity contribution in [2.24, 2.45) is 0 Å². The normalized spacial score (nSPS) is 14.9. The van der Waals surface area contributed by atoms with E-state index in [4.69, 9.17) is 4.74 Å². The number of nitrogens with zero attached hydrogens (tertiary/aromatic N) is 3. The summed E-state index contributed by atoms with van der Waals surface area (Å²) < 4.78 is 5.78. The molecular weight excluding hydrogens is 394 g/mol. The summed E-state index contributed by atoms with van der Waals surface area (Å²) in [4.78, 5) is 32.8. The van der Waals surface area contributed by atoms with Crippen LogP contribution in [0, 0.1) is 0 Å². The molecule has 1 saturated heterocycles. The van der Waals surface area contributed by atoms with Gasteiger partial charge in [-0.25, -0.2) is 4.79 Å². The Morgan fingerprint density at radius 3 is 2.35 bits per heavy atom. The van der Waals surface area contributed by atoms with Crippen molar-refractivity contribution < 1.29 is 19.4 Å². The molecule has 0 aliphatic carbocycles. The largest absolute Gasteiger partial charge is 0.487 e. The molecule has 0 radical (unpaired) electrons. The monoisotopic (exact) mass is 425 g/mol. The molecule has 3 rings (SSSR count). The highest BCUT2D eigenvalue weighted by Crippen LogP contribution is 2.24. The van der Waals surface area contributed by atoms with E-state index in [0.29, 0.717) is 31.1 Å². The van der Waals surface area contributed by atoms with Gasteiger partial charge in [-0.15, -0.1) is 0 Å². The maximum atomic E-state index is 13.2. The van der Waals surface area contributed by atoms with Gasteiger partial charge < -0.3 is 14.7 Å². The van der Waals surface area contributed by atoms with Gasteiger partial charge in [0.05, 0.1) is 6.20 Å². The lowest BCUT2D eigenvalue weighted by Crippen LogP contribution is -2.58. The van der Waals surface area contributed by atoms with Crippen molar-refractivity contribution in [2.45, 2.75) is 58.2 Å². The molecule has 0 saturated carbocycles. The number of carbonyl (C=O) groups excluding carboxylic acids is 1. The summed E-state index contributed by atoms with van der Waals surface area (Å²) in [6, 6.07) is 12.6. The van der Waals surface area contributed by atoms with Gasteiger partial charge in [0.1, 0.15) is 18.4 Å². The van der Waals surface area contributed by atoms with Crippen molar-refractivity contribution in [1.82, 2.24) is 14.8 Å². The second-order valence-corrected chi connectivity index (χ2v) is 8.84. The molecule has 2 amide bonds. The lowest BCUT2D eigenvalue weighted by atomic mass is 9.99. The molecule has 0 bridgehead atoms. The van der Waals surface area contributed by atoms with E-state index in [1.165, 1.54) is 4.90 Å². The minimum atomic E-state index is -1.10. The smallest absolute Gasteiger partial charge is 0.408 e. The maximum absolute atomic E-state index is 13.2. The highest BCUT2D eigenvalue weighted by molar-refractivity contribution is 5.86. The van der Waals surface area contributed by atoms with E-state index in [9.17, 15) is 14.7 Å². The number of hydrogen-bond donors (Lipinski definition) is 1. The molecule has 1 aliphatic heterocycles. The van der Waals surface area contributed by atoms with Crippen molar-refractivity contribution in [3.63, 3.8) is 0 Å². The number of likely N-dealkylation sites (tertiary alicyclic amines) is 1. The summed E-state index contributed by atoms with van der Waals surface area (Å²) in [7, 11) is 0. The third-order valence-corrected chi connectivity index (χ3v) is 5.39. The van der Waals surface area contributed by atoms with Crippen LogP contribution in [-0.2, 0) is 17.8 Å². The van der Waals surface area contributed by atoms with Crippen LogP contribution in [0.15, 0.2) is 48.7 Å². The number of pyridine rings is 1. The number of benzene rings is 1. The number of carboxylic acid groups (broad SMARTS) is 1. The lowest BCUT2D eigenvalue weighted by Gasteiger charge is -2.40. The number of aromatic nitrogens is 1. The van der Waals surface area contributed by atoms with Crippen molar-refractivity contribution >= 4 is 12.0 Å². The fourth-order valence-electron chi connectivity index (χ4n) is 3.88. The van der Waals surface area contributed by atoms with Crippen LogP contribution in [0.25, 0.3) is 0 Å². The fraction of sp³-hybridized carbons (Fsp3) is 0.458. The van der Waals surface area contributed by atoms with Crippen LogP contribution in [0.5, 0.6) is 5.75 Å². The topological polar surface area (TPSA) is 83.0 Å². The molecule has 7 nitrogen and oxygen atoms in total. The standard InChI is InChI=1S/C24H31N3O4/c1-24(2,3)27(23(29)30)21(22(28)26-13-7-8-14-26)15-19-11-12-20(16-25-19)31-17-18-9-5-4-6-10-18/h4-6,9-12,16,21H,7-8,13-15,17H2,1-3H3,(H,29,30). The number of hydrogen-bond acceptors (Lipinski definition) is 4. The predicted octanol–water partition coefficient (Wildman–Crippen LogP) is 3.97. The molecular formula is C24H31N3O4. The molecule has 7 heteroatoms. The van der Waals surface area contributed by atoms with Gasteiger partial charge >= 0.3 is 6.09 Å². The Balaban J connectivity index is 1.75. The van der Waals surface area contributed by atoms with Crippen LogP contribution in [0.4, 0.5) is 4.79 Å². The van der Waals surface area contributed by atoms with Gasteiger partial charge in [-0.2, -0.15) is 0 Å². The third-order valence-electron chi connectivity index (χ3n) is 5.39. The molecule has 1 N–H and O–H groups in total. The van der Waals surface area contributed by atoms with Gasteiger partial charge in [0, 0.05) is 30.7 Å². The molecule has 1 fully saturated rings. The summed E-state index contributed by atoms with van der Waals surface area (Å²) in [5, 5.41) is 9.89. The van der Waals surface area contributed by atoms with Gasteiger partial charge in [0.25, 0.3) is 0 Å². The van der Waals surface area contributed by atoms with Crippen LogP contribution in [0.2, 0.25) is 0 Å². The Hall–Kier alpha value is -3.09. The van der Waals surface area contributed by atoms with Gasteiger partial charge in [-0.1, -0.05) is 30.3 Å². The van der Waals surface area contributed by atoms with E-state index < -0.39 is 17.7 Å². The number of carbonyl (C=O) groups is 2. The van der Waals surface area contributed by atoms with Gasteiger partial charge in [0.15, 0.2) is 0 Å². The summed E-state index contributed by atoms with van der Waals surface area (Å²) in [5.74, 6) is 0.474. The number of amides is 2. The molecule has 2 heterocycles. The Kier molecular flexibility index (Phi) is 7.15. The van der Waals surface area contributed by atoms with Crippen LogP contribution >= 0.6 is 0 Å². The van der Waals surface area contributed by atoms with Gasteiger partial charge in [0.2, 0.25) is 5.91 Å². The molecule has 31 heavy (non-hydrogen) atoms. The maximum Gasteiger partial charge on any atom is 0.408 e. The third kappa shape index (κ3) is 5.96. The highest BCUT2D eigenvalue weighted by atomic mass is 16.5. The van der Waals surface area contributed by atoms with E-state index in [2.05, 4.69) is 4.98 Å². The molecule has 1 atom stereocenters. The molecule has 1 aromatic heterocycles. The molecule has 0 spiro atoms. The zero-order valence-corrected chi connectivity index (χ0v) is 18.5. The molecule has 166 valence electrons. The second-order valence-electron chi connectivity index (χ2n) is 8.84. The average molecular weight is 426 g/mol. The Bertz CT molecular complexity index is 872. The summed E-state index contributed by atoms with van der Waals surface area (Å²) in [6.07, 6.45) is 2.64. The minimum Gasteiger partial charge on any atom is -0.487 e.